The summed E-state index contributed by atoms with van der Waals surface area (Å²) < 4.78 is 0. The van der Waals surface area contributed by atoms with Crippen molar-refractivity contribution in [1.29, 1.82) is 0 Å². The van der Waals surface area contributed by atoms with Gasteiger partial charge in [-0.15, -0.1) is 0 Å². The van der Waals surface area contributed by atoms with Gasteiger partial charge in [-0.25, -0.2) is 15.0 Å². The van der Waals surface area contributed by atoms with Gasteiger partial charge in [-0.05, 0) is 24.6 Å². The van der Waals surface area contributed by atoms with Gasteiger partial charge in [0, 0.05) is 12.7 Å². The molecule has 0 fully saturated rings. The second-order valence-corrected chi connectivity index (χ2v) is 4.74. The lowest BCUT2D eigenvalue weighted by Crippen LogP contribution is -2.25. The molecule has 0 saturated carbocycles. The number of aromatic nitrogens is 3. The highest BCUT2D eigenvalue weighted by Gasteiger charge is 2.13. The normalized spacial score (nSPS) is 10.2. The molecule has 7 heteroatoms. The van der Waals surface area contributed by atoms with Crippen molar-refractivity contribution < 1.29 is 4.79 Å². The first-order chi connectivity index (χ1) is 10.2. The molecule has 0 aromatic carbocycles. The summed E-state index contributed by atoms with van der Waals surface area (Å²) in [5, 5.41) is 6.17. The maximum Gasteiger partial charge on any atom is 0.271 e. The molecule has 1 amide bonds. The van der Waals surface area contributed by atoms with Crippen LogP contribution in [0.1, 0.15) is 29.5 Å². The van der Waals surface area contributed by atoms with Crippen LogP contribution in [-0.4, -0.2) is 27.4 Å². The maximum absolute atomic E-state index is 12.1. The lowest BCUT2D eigenvalue weighted by Gasteiger charge is -2.09. The quantitative estimate of drug-likeness (QED) is 0.856. The Kier molecular flexibility index (Phi) is 5.45. The Balaban J connectivity index is 2.04. The van der Waals surface area contributed by atoms with Crippen LogP contribution >= 0.6 is 11.6 Å². The van der Waals surface area contributed by atoms with Gasteiger partial charge < -0.3 is 10.6 Å². The summed E-state index contributed by atoms with van der Waals surface area (Å²) in [4.78, 5) is 24.2. The number of carbonyl (C=O) groups is 1. The lowest BCUT2D eigenvalue weighted by atomic mass is 10.3. The van der Waals surface area contributed by atoms with Gasteiger partial charge in [-0.3, -0.25) is 4.79 Å². The third-order valence-electron chi connectivity index (χ3n) is 2.69. The largest absolute Gasteiger partial charge is 0.370 e. The van der Waals surface area contributed by atoms with Crippen molar-refractivity contribution in [3.05, 3.63) is 47.1 Å². The minimum atomic E-state index is -0.334. The van der Waals surface area contributed by atoms with Gasteiger partial charge in [0.25, 0.3) is 5.91 Å². The van der Waals surface area contributed by atoms with Gasteiger partial charge in [0.1, 0.15) is 17.8 Å². The van der Waals surface area contributed by atoms with Crippen molar-refractivity contribution in [2.45, 2.75) is 19.9 Å². The van der Waals surface area contributed by atoms with Gasteiger partial charge in [-0.2, -0.15) is 0 Å². The zero-order valence-corrected chi connectivity index (χ0v) is 12.4. The van der Waals surface area contributed by atoms with E-state index in [2.05, 4.69) is 32.5 Å². The third-order valence-corrected chi connectivity index (χ3v) is 3.00. The van der Waals surface area contributed by atoms with E-state index in [1.54, 1.807) is 24.4 Å². The minimum absolute atomic E-state index is 0.201. The van der Waals surface area contributed by atoms with Gasteiger partial charge in [0.15, 0.2) is 0 Å². The molecule has 2 heterocycles. The second kappa shape index (κ2) is 7.54. The van der Waals surface area contributed by atoms with Crippen molar-refractivity contribution in [1.82, 2.24) is 20.3 Å². The number of anilines is 1. The number of carbonyl (C=O) groups excluding carboxylic acids is 1. The fraction of sp³-hybridized carbons (Fsp3) is 0.286. The average molecular weight is 306 g/mol. The smallest absolute Gasteiger partial charge is 0.271 e. The van der Waals surface area contributed by atoms with Crippen molar-refractivity contribution in [2.75, 3.05) is 11.9 Å². The Bertz CT molecular complexity index is 606. The number of nitrogens with one attached hydrogen (secondary N) is 2. The van der Waals surface area contributed by atoms with E-state index in [9.17, 15) is 4.79 Å². The molecule has 0 spiro atoms. The molecule has 21 heavy (non-hydrogen) atoms. The molecule has 0 bridgehead atoms. The first kappa shape index (κ1) is 15.2. The standard InChI is InChI=1S/C14H16ClN5O/c1-2-6-17-12-4-3-11(15)13(20-12)14(21)18-8-10-5-7-16-9-19-10/h3-5,7,9H,2,6,8H2,1H3,(H,17,20)(H,18,21). The Morgan fingerprint density at radius 1 is 1.33 bits per heavy atom. The molecule has 0 unspecified atom stereocenters. The molecule has 0 aliphatic heterocycles. The fourth-order valence-corrected chi connectivity index (χ4v) is 1.82. The van der Waals surface area contributed by atoms with E-state index in [4.69, 9.17) is 11.6 Å². The van der Waals surface area contributed by atoms with E-state index >= 15 is 0 Å². The Labute approximate surface area is 128 Å². The summed E-state index contributed by atoms with van der Waals surface area (Å²) in [5.74, 6) is 0.298. The zero-order chi connectivity index (χ0) is 15.1. The number of rotatable bonds is 6. The number of halogens is 1. The van der Waals surface area contributed by atoms with Crippen LogP contribution in [0.4, 0.5) is 5.82 Å². The predicted octanol–water partition coefficient (Wildman–Crippen LogP) is 2.28. The molecule has 0 aliphatic carbocycles. The van der Waals surface area contributed by atoms with Crippen molar-refractivity contribution in [2.24, 2.45) is 0 Å². The van der Waals surface area contributed by atoms with Crippen LogP contribution in [0.25, 0.3) is 0 Å². The van der Waals surface area contributed by atoms with E-state index in [0.717, 1.165) is 18.7 Å². The maximum atomic E-state index is 12.1. The second-order valence-electron chi connectivity index (χ2n) is 4.34. The Hall–Kier alpha value is -2.21. The number of hydrogen-bond acceptors (Lipinski definition) is 5. The fourth-order valence-electron chi connectivity index (χ4n) is 1.63. The van der Waals surface area contributed by atoms with Crippen LogP contribution in [-0.2, 0) is 6.54 Å². The highest BCUT2D eigenvalue weighted by Crippen LogP contribution is 2.16. The van der Waals surface area contributed by atoms with Crippen LogP contribution in [0.3, 0.4) is 0 Å². The van der Waals surface area contributed by atoms with Crippen LogP contribution in [0, 0.1) is 0 Å². The third kappa shape index (κ3) is 4.39. The highest BCUT2D eigenvalue weighted by atomic mass is 35.5. The minimum Gasteiger partial charge on any atom is -0.370 e. The summed E-state index contributed by atoms with van der Waals surface area (Å²) >= 11 is 6.03. The molecule has 0 saturated heterocycles. The summed E-state index contributed by atoms with van der Waals surface area (Å²) in [5.41, 5.74) is 0.918. The van der Waals surface area contributed by atoms with E-state index < -0.39 is 0 Å². The first-order valence-electron chi connectivity index (χ1n) is 6.64. The molecule has 0 atom stereocenters. The predicted molar refractivity (Wildman–Crippen MR) is 81.2 cm³/mol. The molecule has 2 aromatic heterocycles. The lowest BCUT2D eigenvalue weighted by molar-refractivity contribution is 0.0945. The SMILES string of the molecule is CCCNc1ccc(Cl)c(C(=O)NCc2ccncn2)n1. The van der Waals surface area contributed by atoms with Crippen molar-refractivity contribution in [3.8, 4) is 0 Å². The van der Waals surface area contributed by atoms with Crippen LogP contribution in [0.15, 0.2) is 30.7 Å². The molecule has 0 aliphatic rings. The first-order valence-corrected chi connectivity index (χ1v) is 7.02. The van der Waals surface area contributed by atoms with Gasteiger partial charge >= 0.3 is 0 Å². The van der Waals surface area contributed by atoms with E-state index in [0.29, 0.717) is 17.4 Å². The molecule has 6 nitrogen and oxygen atoms in total. The average Bonchev–Trinajstić information content (AvgIpc) is 2.53. The molecule has 2 aromatic rings. The summed E-state index contributed by atoms with van der Waals surface area (Å²) in [6.07, 6.45) is 4.02. The van der Waals surface area contributed by atoms with E-state index in [1.807, 2.05) is 0 Å². The van der Waals surface area contributed by atoms with Crippen LogP contribution < -0.4 is 10.6 Å². The summed E-state index contributed by atoms with van der Waals surface area (Å²) in [6, 6.07) is 5.14. The zero-order valence-electron chi connectivity index (χ0n) is 11.6. The van der Waals surface area contributed by atoms with Gasteiger partial charge in [0.05, 0.1) is 17.3 Å². The molecule has 110 valence electrons. The molecule has 2 rings (SSSR count). The van der Waals surface area contributed by atoms with Crippen molar-refractivity contribution in [3.63, 3.8) is 0 Å². The molecule has 0 radical (unpaired) electrons. The number of pyridine rings is 1. The Morgan fingerprint density at radius 3 is 2.90 bits per heavy atom. The highest BCUT2D eigenvalue weighted by molar-refractivity contribution is 6.33. The van der Waals surface area contributed by atoms with Crippen LogP contribution in [0.2, 0.25) is 5.02 Å². The number of hydrogen-bond donors (Lipinski definition) is 2. The number of nitrogens with zero attached hydrogens (tertiary/aromatic N) is 3. The van der Waals surface area contributed by atoms with Gasteiger partial charge in [-0.1, -0.05) is 18.5 Å². The Morgan fingerprint density at radius 2 is 2.19 bits per heavy atom. The molecular formula is C14H16ClN5O. The molecule has 2 N–H and O–H groups in total. The summed E-state index contributed by atoms with van der Waals surface area (Å²) in [6.45, 7) is 3.14. The summed E-state index contributed by atoms with van der Waals surface area (Å²) in [7, 11) is 0. The van der Waals surface area contributed by atoms with Crippen molar-refractivity contribution >= 4 is 23.3 Å². The van der Waals surface area contributed by atoms with E-state index in [1.165, 1.54) is 6.33 Å². The van der Waals surface area contributed by atoms with E-state index in [-0.39, 0.29) is 11.6 Å². The topological polar surface area (TPSA) is 79.8 Å². The van der Waals surface area contributed by atoms with Gasteiger partial charge in [0.2, 0.25) is 0 Å². The monoisotopic (exact) mass is 305 g/mol. The molecular weight excluding hydrogens is 290 g/mol. The number of amides is 1. The van der Waals surface area contributed by atoms with Crippen LogP contribution in [0.5, 0.6) is 0 Å².